The molecule has 1 aromatic carbocycles. The number of rotatable bonds is 5. The number of imidazole rings is 1. The Hall–Kier alpha value is -3.35. The van der Waals surface area contributed by atoms with Gasteiger partial charge < -0.3 is 30.1 Å². The predicted molar refractivity (Wildman–Crippen MR) is 86.3 cm³/mol. The fourth-order valence-corrected chi connectivity index (χ4v) is 2.12. The molecule has 0 saturated carbocycles. The van der Waals surface area contributed by atoms with E-state index in [2.05, 4.69) is 14.5 Å². The summed E-state index contributed by atoms with van der Waals surface area (Å²) in [6.07, 6.45) is -3.37. The number of hydrogen-bond donors (Lipinski definition) is 1. The third-order valence-corrected chi connectivity index (χ3v) is 3.25. The zero-order valence-corrected chi connectivity index (χ0v) is 14.2. The second-order valence-electron chi connectivity index (χ2n) is 5.46. The number of ether oxygens (including phenoxy) is 3. The second-order valence-corrected chi connectivity index (χ2v) is 5.46. The highest BCUT2D eigenvalue weighted by Gasteiger charge is 2.31. The van der Waals surface area contributed by atoms with E-state index in [0.717, 1.165) is 12.1 Å². The number of benzene rings is 1. The van der Waals surface area contributed by atoms with Crippen molar-refractivity contribution in [1.29, 1.82) is 0 Å². The highest BCUT2D eigenvalue weighted by molar-refractivity contribution is 5.37. The number of carbonyl (C=O) groups excluding carboxylic acids is 1. The topological polar surface area (TPSA) is 132 Å². The number of nitrogens with zero attached hydrogens (tertiary/aromatic N) is 3. The van der Waals surface area contributed by atoms with Crippen molar-refractivity contribution < 1.29 is 37.1 Å². The number of nitro groups is 1. The van der Waals surface area contributed by atoms with Crippen LogP contribution >= 0.6 is 0 Å². The summed E-state index contributed by atoms with van der Waals surface area (Å²) in [6.45, 7) is 1.15. The fraction of sp³-hybridized carbons (Fsp3) is 0.333. The van der Waals surface area contributed by atoms with E-state index < -0.39 is 11.3 Å². The number of hydrogen-bond acceptors (Lipinski definition) is 8. The van der Waals surface area contributed by atoms with Crippen LogP contribution in [0, 0.1) is 10.1 Å². The zero-order chi connectivity index (χ0) is 20.7. The summed E-state index contributed by atoms with van der Waals surface area (Å²) in [7, 11) is 0. The number of alkyl halides is 3. The van der Waals surface area contributed by atoms with Gasteiger partial charge in [0.25, 0.3) is 6.47 Å². The van der Waals surface area contributed by atoms with Crippen molar-refractivity contribution in [3.63, 3.8) is 0 Å². The van der Waals surface area contributed by atoms with Gasteiger partial charge in [-0.15, -0.1) is 13.2 Å². The highest BCUT2D eigenvalue weighted by Crippen LogP contribution is 2.23. The SMILES string of the molecule is NC1COc2nc([N+](=O)[O-])cn2C1.O=COCc1ccc(OC(F)(F)F)cc1. The molecule has 2 N–H and O–H groups in total. The molecule has 10 nitrogen and oxygen atoms in total. The van der Waals surface area contributed by atoms with Gasteiger partial charge in [0.05, 0.1) is 6.04 Å². The molecule has 0 bridgehead atoms. The van der Waals surface area contributed by atoms with Gasteiger partial charge in [-0.3, -0.25) is 9.36 Å². The highest BCUT2D eigenvalue weighted by atomic mass is 19.4. The third-order valence-electron chi connectivity index (χ3n) is 3.25. The van der Waals surface area contributed by atoms with Crippen molar-refractivity contribution in [2.45, 2.75) is 25.6 Å². The molecular weight excluding hydrogens is 389 g/mol. The van der Waals surface area contributed by atoms with Crippen molar-refractivity contribution in [3.8, 4) is 11.8 Å². The maximum atomic E-state index is 11.8. The quantitative estimate of drug-likeness (QED) is 0.453. The van der Waals surface area contributed by atoms with Crippen LogP contribution in [0.15, 0.2) is 30.5 Å². The molecule has 3 rings (SSSR count). The van der Waals surface area contributed by atoms with Crippen LogP contribution in [0.2, 0.25) is 0 Å². The molecular formula is C15H15F3N4O6. The largest absolute Gasteiger partial charge is 0.573 e. The van der Waals surface area contributed by atoms with Crippen molar-refractivity contribution in [2.24, 2.45) is 5.73 Å². The Labute approximate surface area is 155 Å². The lowest BCUT2D eigenvalue weighted by Crippen LogP contribution is -2.36. The smallest absolute Gasteiger partial charge is 0.463 e. The number of carbonyl (C=O) groups is 1. The maximum Gasteiger partial charge on any atom is 0.573 e. The third kappa shape index (κ3) is 6.42. The van der Waals surface area contributed by atoms with E-state index in [9.17, 15) is 28.1 Å². The van der Waals surface area contributed by atoms with Crippen LogP contribution in [0.4, 0.5) is 19.0 Å². The molecule has 2 aromatic rings. The Morgan fingerprint density at radius 2 is 2.07 bits per heavy atom. The molecule has 0 fully saturated rings. The summed E-state index contributed by atoms with van der Waals surface area (Å²) in [6, 6.07) is 5.21. The number of fused-ring (bicyclic) bond motifs is 1. The Bertz CT molecular complexity index is 809. The standard InChI is InChI=1S/C9H7F3O3.C6H8N4O3/c10-9(11,12)15-8-3-1-7(2-4-8)5-14-6-13;7-4-1-9-2-5(10(11)12)8-6(9)13-3-4/h1-4,6H,5H2;2,4H,1,3,7H2. The lowest BCUT2D eigenvalue weighted by Gasteiger charge is -2.17. The van der Waals surface area contributed by atoms with Crippen LogP contribution in [0.3, 0.4) is 0 Å². The first-order valence-corrected chi connectivity index (χ1v) is 7.68. The lowest BCUT2D eigenvalue weighted by molar-refractivity contribution is -0.389. The van der Waals surface area contributed by atoms with Crippen LogP contribution < -0.4 is 15.2 Å². The number of nitrogens with two attached hydrogens (primary N) is 1. The van der Waals surface area contributed by atoms with Crippen LogP contribution in [-0.2, 0) is 22.7 Å². The molecule has 1 aromatic heterocycles. The summed E-state index contributed by atoms with van der Waals surface area (Å²) in [4.78, 5) is 23.3. The predicted octanol–water partition coefficient (Wildman–Crippen LogP) is 1.77. The average molecular weight is 404 g/mol. The van der Waals surface area contributed by atoms with Gasteiger partial charge in [0.2, 0.25) is 0 Å². The minimum Gasteiger partial charge on any atom is -0.463 e. The monoisotopic (exact) mass is 404 g/mol. The van der Waals surface area contributed by atoms with E-state index in [-0.39, 0.29) is 36.7 Å². The minimum absolute atomic E-state index is 0.0236. The van der Waals surface area contributed by atoms with Gasteiger partial charge in [0, 0.05) is 11.5 Å². The lowest BCUT2D eigenvalue weighted by atomic mass is 10.2. The molecule has 2 heterocycles. The van der Waals surface area contributed by atoms with Gasteiger partial charge in [0.1, 0.15) is 25.2 Å². The fourth-order valence-electron chi connectivity index (χ4n) is 2.12. The molecule has 13 heteroatoms. The Morgan fingerprint density at radius 3 is 2.64 bits per heavy atom. The summed E-state index contributed by atoms with van der Waals surface area (Å²) >= 11 is 0. The van der Waals surface area contributed by atoms with Gasteiger partial charge in [-0.05, 0) is 22.6 Å². The summed E-state index contributed by atoms with van der Waals surface area (Å²) in [5, 5.41) is 10.3. The zero-order valence-electron chi connectivity index (χ0n) is 14.2. The Balaban J connectivity index is 0.000000202. The Morgan fingerprint density at radius 1 is 1.39 bits per heavy atom. The molecule has 28 heavy (non-hydrogen) atoms. The maximum absolute atomic E-state index is 11.8. The molecule has 1 atom stereocenters. The first-order chi connectivity index (χ1) is 13.2. The molecule has 0 spiro atoms. The molecule has 0 radical (unpaired) electrons. The first-order valence-electron chi connectivity index (χ1n) is 7.68. The molecule has 1 aliphatic rings. The van der Waals surface area contributed by atoms with Gasteiger partial charge in [-0.2, -0.15) is 0 Å². The van der Waals surface area contributed by atoms with Crippen LogP contribution in [0.25, 0.3) is 0 Å². The van der Waals surface area contributed by atoms with Crippen molar-refractivity contribution >= 4 is 12.3 Å². The summed E-state index contributed by atoms with van der Waals surface area (Å²) in [5.41, 5.74) is 6.17. The van der Waals surface area contributed by atoms with E-state index >= 15 is 0 Å². The van der Waals surface area contributed by atoms with Crippen molar-refractivity contribution in [1.82, 2.24) is 9.55 Å². The molecule has 1 aliphatic heterocycles. The van der Waals surface area contributed by atoms with Gasteiger partial charge in [-0.1, -0.05) is 12.1 Å². The second kappa shape index (κ2) is 9.03. The van der Waals surface area contributed by atoms with Crippen molar-refractivity contribution in [3.05, 3.63) is 46.1 Å². The van der Waals surface area contributed by atoms with Crippen LogP contribution in [-0.4, -0.2) is 40.0 Å². The van der Waals surface area contributed by atoms with Gasteiger partial charge in [-0.25, -0.2) is 0 Å². The average Bonchev–Trinajstić information content (AvgIpc) is 3.04. The normalized spacial score (nSPS) is 15.4. The Kier molecular flexibility index (Phi) is 6.76. The number of halogens is 3. The summed E-state index contributed by atoms with van der Waals surface area (Å²) < 4.78 is 50.0. The summed E-state index contributed by atoms with van der Waals surface area (Å²) in [5.74, 6) is -0.513. The van der Waals surface area contributed by atoms with E-state index in [4.69, 9.17) is 10.5 Å². The molecule has 0 amide bonds. The molecule has 0 saturated heterocycles. The van der Waals surface area contributed by atoms with Gasteiger partial charge in [0.15, 0.2) is 0 Å². The van der Waals surface area contributed by atoms with Crippen LogP contribution in [0.5, 0.6) is 11.8 Å². The minimum atomic E-state index is -4.69. The van der Waals surface area contributed by atoms with Crippen molar-refractivity contribution in [2.75, 3.05) is 6.61 Å². The molecule has 1 unspecified atom stereocenters. The van der Waals surface area contributed by atoms with E-state index in [1.165, 1.54) is 18.3 Å². The van der Waals surface area contributed by atoms with Gasteiger partial charge >= 0.3 is 18.2 Å². The van der Waals surface area contributed by atoms with Crippen LogP contribution in [0.1, 0.15) is 5.56 Å². The van der Waals surface area contributed by atoms with E-state index in [1.54, 1.807) is 4.57 Å². The number of aromatic nitrogens is 2. The molecule has 0 aliphatic carbocycles. The molecule has 152 valence electrons. The first kappa shape index (κ1) is 21.0. The van der Waals surface area contributed by atoms with E-state index in [1.807, 2.05) is 0 Å². The van der Waals surface area contributed by atoms with E-state index in [0.29, 0.717) is 18.7 Å².